The van der Waals surface area contributed by atoms with Gasteiger partial charge in [0.05, 0.1) is 10.9 Å². The summed E-state index contributed by atoms with van der Waals surface area (Å²) in [6, 6.07) is 5.04. The van der Waals surface area contributed by atoms with Gasteiger partial charge >= 0.3 is 0 Å². The second-order valence-corrected chi connectivity index (χ2v) is 3.44. The molecule has 0 radical (unpaired) electrons. The highest BCUT2D eigenvalue weighted by atomic mass is 79.9. The summed E-state index contributed by atoms with van der Waals surface area (Å²) in [5.74, 6) is -0.117. The number of aldehydes is 1. The summed E-state index contributed by atoms with van der Waals surface area (Å²) in [7, 11) is 0. The van der Waals surface area contributed by atoms with Crippen molar-refractivity contribution in [1.82, 2.24) is 4.98 Å². The molecule has 0 aliphatic carbocycles. The summed E-state index contributed by atoms with van der Waals surface area (Å²) >= 11 is 3.08. The third kappa shape index (κ3) is 1.70. The Morgan fingerprint density at radius 2 is 2.33 bits per heavy atom. The maximum atomic E-state index is 11.5. The van der Waals surface area contributed by atoms with Gasteiger partial charge in [0, 0.05) is 0 Å². The molecule has 1 aromatic heterocycles. The van der Waals surface area contributed by atoms with E-state index >= 15 is 0 Å². The number of oxazole rings is 1. The van der Waals surface area contributed by atoms with E-state index in [0.29, 0.717) is 22.9 Å². The van der Waals surface area contributed by atoms with E-state index in [4.69, 9.17) is 4.42 Å². The van der Waals surface area contributed by atoms with Crippen molar-refractivity contribution in [2.24, 2.45) is 0 Å². The van der Waals surface area contributed by atoms with Gasteiger partial charge in [0.1, 0.15) is 5.52 Å². The van der Waals surface area contributed by atoms with Gasteiger partial charge in [-0.2, -0.15) is 0 Å². The molecular weight excluding hydrogens is 262 g/mol. The maximum absolute atomic E-state index is 11.5. The van der Waals surface area contributed by atoms with E-state index in [1.165, 1.54) is 0 Å². The number of nitrogens with zero attached hydrogens (tertiary/aromatic N) is 1. The molecule has 0 saturated carbocycles. The fraction of sp³-hybridized carbons (Fsp3) is 0.100. The van der Waals surface area contributed by atoms with Crippen LogP contribution in [-0.4, -0.2) is 22.4 Å². The Labute approximate surface area is 93.4 Å². The van der Waals surface area contributed by atoms with Crippen molar-refractivity contribution in [3.63, 3.8) is 0 Å². The van der Waals surface area contributed by atoms with E-state index in [-0.39, 0.29) is 17.0 Å². The summed E-state index contributed by atoms with van der Waals surface area (Å²) in [6.07, 6.45) is 0.516. The number of carbonyl (C=O) groups is 2. The third-order valence-electron chi connectivity index (χ3n) is 1.95. The second-order valence-electron chi connectivity index (χ2n) is 2.88. The number of ketones is 1. The molecule has 0 saturated heterocycles. The zero-order valence-corrected chi connectivity index (χ0v) is 9.15. The van der Waals surface area contributed by atoms with Gasteiger partial charge in [0.2, 0.25) is 6.29 Å². The fourth-order valence-electron chi connectivity index (χ4n) is 1.31. The van der Waals surface area contributed by atoms with E-state index in [1.807, 2.05) is 0 Å². The molecule has 5 heteroatoms. The van der Waals surface area contributed by atoms with E-state index in [9.17, 15) is 9.59 Å². The zero-order chi connectivity index (χ0) is 10.8. The number of aromatic nitrogens is 1. The van der Waals surface area contributed by atoms with Crippen LogP contribution in [0.4, 0.5) is 0 Å². The molecule has 2 rings (SSSR count). The standard InChI is InChI=1S/C10H6BrNO3/c11-4-8(14)6-2-1-3-7-10(6)15-9(5-13)12-7/h1-3,5H,4H2. The summed E-state index contributed by atoms with van der Waals surface area (Å²) < 4.78 is 5.15. The summed E-state index contributed by atoms with van der Waals surface area (Å²) in [5, 5.41) is 0.212. The number of hydrogen-bond acceptors (Lipinski definition) is 4. The minimum Gasteiger partial charge on any atom is -0.433 e. The van der Waals surface area contributed by atoms with Gasteiger partial charge in [0.25, 0.3) is 5.89 Å². The molecule has 0 N–H and O–H groups in total. The Kier molecular flexibility index (Phi) is 2.64. The molecule has 76 valence electrons. The Balaban J connectivity index is 2.69. The predicted octanol–water partition coefficient (Wildman–Crippen LogP) is 2.22. The van der Waals surface area contributed by atoms with E-state index in [2.05, 4.69) is 20.9 Å². The fourth-order valence-corrected chi connectivity index (χ4v) is 1.61. The van der Waals surface area contributed by atoms with Crippen molar-refractivity contribution < 1.29 is 14.0 Å². The molecule has 0 atom stereocenters. The van der Waals surface area contributed by atoms with Gasteiger partial charge in [-0.3, -0.25) is 9.59 Å². The highest BCUT2D eigenvalue weighted by Crippen LogP contribution is 2.20. The van der Waals surface area contributed by atoms with Crippen LogP contribution in [0, 0.1) is 0 Å². The number of carbonyl (C=O) groups excluding carboxylic acids is 2. The summed E-state index contributed by atoms with van der Waals surface area (Å²) in [5.41, 5.74) is 1.32. The normalized spacial score (nSPS) is 10.5. The molecule has 1 heterocycles. The molecule has 15 heavy (non-hydrogen) atoms. The molecule has 0 spiro atoms. The highest BCUT2D eigenvalue weighted by molar-refractivity contribution is 9.09. The molecule has 0 unspecified atom stereocenters. The van der Waals surface area contributed by atoms with Crippen LogP contribution in [0.5, 0.6) is 0 Å². The molecular formula is C10H6BrNO3. The van der Waals surface area contributed by atoms with Crippen LogP contribution in [0.1, 0.15) is 21.0 Å². The van der Waals surface area contributed by atoms with Crippen LogP contribution in [0.2, 0.25) is 0 Å². The third-order valence-corrected chi connectivity index (χ3v) is 2.46. The van der Waals surface area contributed by atoms with Crippen molar-refractivity contribution in [2.75, 3.05) is 5.33 Å². The molecule has 2 aromatic rings. The molecule has 0 fully saturated rings. The first-order valence-electron chi connectivity index (χ1n) is 4.20. The van der Waals surface area contributed by atoms with Gasteiger partial charge in [0.15, 0.2) is 11.4 Å². The van der Waals surface area contributed by atoms with Crippen molar-refractivity contribution >= 4 is 39.1 Å². The van der Waals surface area contributed by atoms with Gasteiger partial charge < -0.3 is 4.42 Å². The lowest BCUT2D eigenvalue weighted by Gasteiger charge is -1.95. The first-order chi connectivity index (χ1) is 7.26. The molecule has 0 aliphatic rings. The first-order valence-corrected chi connectivity index (χ1v) is 5.32. The first kappa shape index (κ1) is 10.0. The lowest BCUT2D eigenvalue weighted by atomic mass is 10.1. The largest absolute Gasteiger partial charge is 0.433 e. The van der Waals surface area contributed by atoms with Crippen LogP contribution >= 0.6 is 15.9 Å². The summed E-state index contributed by atoms with van der Waals surface area (Å²) in [6.45, 7) is 0. The summed E-state index contributed by atoms with van der Waals surface area (Å²) in [4.78, 5) is 25.9. The van der Waals surface area contributed by atoms with E-state index < -0.39 is 0 Å². The number of benzene rings is 1. The number of hydrogen-bond donors (Lipinski definition) is 0. The Morgan fingerprint density at radius 1 is 1.53 bits per heavy atom. The number of halogens is 1. The van der Waals surface area contributed by atoms with Gasteiger partial charge in [-0.1, -0.05) is 22.0 Å². The van der Waals surface area contributed by atoms with Gasteiger partial charge in [-0.15, -0.1) is 0 Å². The number of para-hydroxylation sites is 1. The molecule has 1 aromatic carbocycles. The Morgan fingerprint density at radius 3 is 3.00 bits per heavy atom. The van der Waals surface area contributed by atoms with Crippen LogP contribution in [0.15, 0.2) is 22.6 Å². The van der Waals surface area contributed by atoms with Crippen LogP contribution < -0.4 is 0 Å². The van der Waals surface area contributed by atoms with Crippen molar-refractivity contribution in [3.05, 3.63) is 29.7 Å². The molecule has 0 amide bonds. The Hall–Kier alpha value is -1.49. The molecule has 0 aliphatic heterocycles. The topological polar surface area (TPSA) is 60.2 Å². The molecule has 0 bridgehead atoms. The lowest BCUT2D eigenvalue weighted by Crippen LogP contribution is -1.99. The van der Waals surface area contributed by atoms with Crippen LogP contribution in [0.3, 0.4) is 0 Å². The van der Waals surface area contributed by atoms with Gasteiger partial charge in [-0.25, -0.2) is 4.98 Å². The minimum absolute atomic E-state index is 0.0141. The monoisotopic (exact) mass is 267 g/mol. The number of rotatable bonds is 3. The smallest absolute Gasteiger partial charge is 0.260 e. The van der Waals surface area contributed by atoms with Crippen LogP contribution in [0.25, 0.3) is 11.1 Å². The minimum atomic E-state index is -0.103. The molecule has 4 nitrogen and oxygen atoms in total. The number of alkyl halides is 1. The Bertz CT molecular complexity index is 532. The van der Waals surface area contributed by atoms with Crippen molar-refractivity contribution in [1.29, 1.82) is 0 Å². The number of Topliss-reactive ketones (excluding diaryl/α,β-unsaturated/α-hetero) is 1. The quantitative estimate of drug-likeness (QED) is 0.486. The van der Waals surface area contributed by atoms with Gasteiger partial charge in [-0.05, 0) is 12.1 Å². The second kappa shape index (κ2) is 3.94. The maximum Gasteiger partial charge on any atom is 0.260 e. The average Bonchev–Trinajstić information content (AvgIpc) is 2.70. The van der Waals surface area contributed by atoms with Crippen molar-refractivity contribution in [2.45, 2.75) is 0 Å². The SMILES string of the molecule is O=Cc1nc2cccc(C(=O)CBr)c2o1. The highest BCUT2D eigenvalue weighted by Gasteiger charge is 2.13. The van der Waals surface area contributed by atoms with E-state index in [1.54, 1.807) is 18.2 Å². The van der Waals surface area contributed by atoms with E-state index in [0.717, 1.165) is 0 Å². The zero-order valence-electron chi connectivity index (χ0n) is 7.57. The van der Waals surface area contributed by atoms with Crippen molar-refractivity contribution in [3.8, 4) is 0 Å². The van der Waals surface area contributed by atoms with Crippen LogP contribution in [-0.2, 0) is 0 Å². The average molecular weight is 268 g/mol. The predicted molar refractivity (Wildman–Crippen MR) is 57.5 cm³/mol. The lowest BCUT2D eigenvalue weighted by molar-refractivity contribution is 0.102. The number of fused-ring (bicyclic) bond motifs is 1.